The lowest BCUT2D eigenvalue weighted by atomic mass is 10.2. The van der Waals surface area contributed by atoms with Crippen LogP contribution < -0.4 is 0 Å². The van der Waals surface area contributed by atoms with Gasteiger partial charge in [0.25, 0.3) is 0 Å². The molecule has 21 heavy (non-hydrogen) atoms. The number of methoxy groups -OCH3 is 1. The van der Waals surface area contributed by atoms with E-state index in [1.54, 1.807) is 7.11 Å². The molecule has 0 saturated heterocycles. The SMILES string of the molecule is COCCCn1c(SCC#N)nnc1-c1ccccc1Cl. The summed E-state index contributed by atoms with van der Waals surface area (Å²) in [5.41, 5.74) is 0.841. The van der Waals surface area contributed by atoms with E-state index in [0.29, 0.717) is 17.4 Å². The predicted molar refractivity (Wildman–Crippen MR) is 83.3 cm³/mol. The molecular formula is C14H15ClN4OS. The first kappa shape index (κ1) is 15.8. The van der Waals surface area contributed by atoms with E-state index in [1.807, 2.05) is 28.8 Å². The Labute approximate surface area is 132 Å². The van der Waals surface area contributed by atoms with Crippen LogP contribution in [0.5, 0.6) is 0 Å². The molecule has 7 heteroatoms. The van der Waals surface area contributed by atoms with Crippen molar-refractivity contribution in [3.8, 4) is 17.5 Å². The Balaban J connectivity index is 2.34. The lowest BCUT2D eigenvalue weighted by Crippen LogP contribution is -2.05. The maximum atomic E-state index is 8.73. The van der Waals surface area contributed by atoms with E-state index in [4.69, 9.17) is 21.6 Å². The van der Waals surface area contributed by atoms with Crippen LogP contribution in [-0.2, 0) is 11.3 Å². The lowest BCUT2D eigenvalue weighted by molar-refractivity contribution is 0.189. The average Bonchev–Trinajstić information content (AvgIpc) is 2.89. The summed E-state index contributed by atoms with van der Waals surface area (Å²) in [6.07, 6.45) is 0.839. The van der Waals surface area contributed by atoms with Crippen LogP contribution in [0.3, 0.4) is 0 Å². The van der Waals surface area contributed by atoms with Gasteiger partial charge in [-0.3, -0.25) is 0 Å². The molecule has 0 aliphatic rings. The Morgan fingerprint density at radius 1 is 1.38 bits per heavy atom. The molecule has 0 radical (unpaired) electrons. The summed E-state index contributed by atoms with van der Waals surface area (Å²) in [4.78, 5) is 0. The molecule has 0 N–H and O–H groups in total. The monoisotopic (exact) mass is 322 g/mol. The highest BCUT2D eigenvalue weighted by Gasteiger charge is 2.15. The van der Waals surface area contributed by atoms with Crippen LogP contribution in [0.4, 0.5) is 0 Å². The van der Waals surface area contributed by atoms with E-state index in [0.717, 1.165) is 29.5 Å². The fourth-order valence-corrected chi connectivity index (χ4v) is 2.75. The van der Waals surface area contributed by atoms with Gasteiger partial charge in [0.05, 0.1) is 16.8 Å². The topological polar surface area (TPSA) is 63.7 Å². The van der Waals surface area contributed by atoms with E-state index < -0.39 is 0 Å². The largest absolute Gasteiger partial charge is 0.385 e. The van der Waals surface area contributed by atoms with Crippen molar-refractivity contribution in [3.63, 3.8) is 0 Å². The highest BCUT2D eigenvalue weighted by atomic mass is 35.5. The summed E-state index contributed by atoms with van der Waals surface area (Å²) in [5.74, 6) is 1.06. The van der Waals surface area contributed by atoms with Crippen LogP contribution in [0.2, 0.25) is 5.02 Å². The number of aromatic nitrogens is 3. The number of hydrogen-bond donors (Lipinski definition) is 0. The van der Waals surface area contributed by atoms with Gasteiger partial charge < -0.3 is 9.30 Å². The van der Waals surface area contributed by atoms with Gasteiger partial charge >= 0.3 is 0 Å². The molecule has 0 amide bonds. The third-order valence-corrected chi connectivity index (χ3v) is 3.99. The lowest BCUT2D eigenvalue weighted by Gasteiger charge is -2.10. The first-order valence-corrected chi connectivity index (χ1v) is 7.81. The van der Waals surface area contributed by atoms with Crippen LogP contribution in [0.1, 0.15) is 6.42 Å². The van der Waals surface area contributed by atoms with E-state index in [-0.39, 0.29) is 0 Å². The molecule has 0 unspecified atom stereocenters. The summed E-state index contributed by atoms with van der Waals surface area (Å²) >= 11 is 7.61. The molecular weight excluding hydrogens is 308 g/mol. The fourth-order valence-electron chi connectivity index (χ4n) is 1.90. The van der Waals surface area contributed by atoms with Crippen molar-refractivity contribution in [2.75, 3.05) is 19.5 Å². The first-order chi connectivity index (χ1) is 10.3. The standard InChI is InChI=1S/C14H15ClN4OS/c1-20-9-4-8-19-13(11-5-2-3-6-12(11)15)17-18-14(19)21-10-7-16/h2-3,5-6H,4,8-10H2,1H3. The molecule has 0 atom stereocenters. The van der Waals surface area contributed by atoms with Gasteiger partial charge in [-0.15, -0.1) is 10.2 Å². The second-order valence-corrected chi connectivity index (χ2v) is 5.58. The van der Waals surface area contributed by atoms with E-state index in [1.165, 1.54) is 11.8 Å². The summed E-state index contributed by atoms with van der Waals surface area (Å²) in [6, 6.07) is 9.64. The Hall–Kier alpha value is -1.55. The smallest absolute Gasteiger partial charge is 0.192 e. The zero-order chi connectivity index (χ0) is 15.1. The molecule has 1 heterocycles. The Kier molecular flexibility index (Phi) is 6.05. The maximum absolute atomic E-state index is 8.73. The molecule has 0 aliphatic heterocycles. The van der Waals surface area contributed by atoms with Crippen LogP contribution in [0.25, 0.3) is 11.4 Å². The zero-order valence-electron chi connectivity index (χ0n) is 11.6. The van der Waals surface area contributed by atoms with Gasteiger partial charge in [-0.2, -0.15) is 5.26 Å². The molecule has 0 aliphatic carbocycles. The molecule has 1 aromatic heterocycles. The minimum atomic E-state index is 0.338. The van der Waals surface area contributed by atoms with Gasteiger partial charge in [0.1, 0.15) is 0 Å². The van der Waals surface area contributed by atoms with Gasteiger partial charge in [-0.05, 0) is 18.6 Å². The third kappa shape index (κ3) is 3.97. The normalized spacial score (nSPS) is 10.5. The summed E-state index contributed by atoms with van der Waals surface area (Å²) in [6.45, 7) is 1.37. The number of nitriles is 1. The number of ether oxygens (including phenoxy) is 1. The molecule has 2 rings (SSSR count). The van der Waals surface area contributed by atoms with E-state index in [2.05, 4.69) is 16.3 Å². The van der Waals surface area contributed by atoms with Crippen molar-refractivity contribution in [2.45, 2.75) is 18.1 Å². The summed E-state index contributed by atoms with van der Waals surface area (Å²) in [7, 11) is 1.67. The molecule has 0 bridgehead atoms. The van der Waals surface area contributed by atoms with Gasteiger partial charge in [0.15, 0.2) is 11.0 Å². The minimum absolute atomic E-state index is 0.338. The van der Waals surface area contributed by atoms with Crippen molar-refractivity contribution in [2.24, 2.45) is 0 Å². The van der Waals surface area contributed by atoms with Crippen LogP contribution in [-0.4, -0.2) is 34.2 Å². The number of thioether (sulfide) groups is 1. The number of hydrogen-bond acceptors (Lipinski definition) is 5. The van der Waals surface area contributed by atoms with Crippen LogP contribution >= 0.6 is 23.4 Å². The zero-order valence-corrected chi connectivity index (χ0v) is 13.2. The quantitative estimate of drug-likeness (QED) is 0.578. The van der Waals surface area contributed by atoms with Crippen molar-refractivity contribution in [3.05, 3.63) is 29.3 Å². The van der Waals surface area contributed by atoms with Gasteiger partial charge in [-0.25, -0.2) is 0 Å². The van der Waals surface area contributed by atoms with Crippen molar-refractivity contribution >= 4 is 23.4 Å². The van der Waals surface area contributed by atoms with Crippen molar-refractivity contribution in [1.29, 1.82) is 5.26 Å². The van der Waals surface area contributed by atoms with Crippen molar-refractivity contribution in [1.82, 2.24) is 14.8 Å². The maximum Gasteiger partial charge on any atom is 0.192 e. The van der Waals surface area contributed by atoms with E-state index in [9.17, 15) is 0 Å². The van der Waals surface area contributed by atoms with Crippen LogP contribution in [0, 0.1) is 11.3 Å². The molecule has 0 fully saturated rings. The highest BCUT2D eigenvalue weighted by Crippen LogP contribution is 2.29. The number of nitrogens with zero attached hydrogens (tertiary/aromatic N) is 4. The first-order valence-electron chi connectivity index (χ1n) is 6.44. The minimum Gasteiger partial charge on any atom is -0.385 e. The molecule has 1 aromatic carbocycles. The Morgan fingerprint density at radius 2 is 2.19 bits per heavy atom. The van der Waals surface area contributed by atoms with Gasteiger partial charge in [-0.1, -0.05) is 35.5 Å². The van der Waals surface area contributed by atoms with Crippen LogP contribution in [0.15, 0.2) is 29.4 Å². The third-order valence-electron chi connectivity index (χ3n) is 2.83. The average molecular weight is 323 g/mol. The van der Waals surface area contributed by atoms with Gasteiger partial charge in [0.2, 0.25) is 0 Å². The second-order valence-electron chi connectivity index (χ2n) is 4.23. The summed E-state index contributed by atoms with van der Waals surface area (Å²) < 4.78 is 7.08. The highest BCUT2D eigenvalue weighted by molar-refractivity contribution is 7.99. The number of rotatable bonds is 7. The summed E-state index contributed by atoms with van der Waals surface area (Å²) in [5, 5.41) is 18.5. The fraction of sp³-hybridized carbons (Fsp3) is 0.357. The van der Waals surface area contributed by atoms with E-state index >= 15 is 0 Å². The number of benzene rings is 1. The second kappa shape index (κ2) is 8.03. The Bertz CT molecular complexity index is 638. The number of halogens is 1. The molecule has 110 valence electrons. The predicted octanol–water partition coefficient (Wildman–Crippen LogP) is 3.25. The molecule has 2 aromatic rings. The molecule has 5 nitrogen and oxygen atoms in total. The molecule has 0 spiro atoms. The van der Waals surface area contributed by atoms with Gasteiger partial charge in [0, 0.05) is 25.8 Å². The van der Waals surface area contributed by atoms with Crippen molar-refractivity contribution < 1.29 is 4.74 Å². The Morgan fingerprint density at radius 3 is 2.90 bits per heavy atom. The molecule has 0 saturated carbocycles.